The number of benzene rings is 1. The third-order valence-corrected chi connectivity index (χ3v) is 2.89. The van der Waals surface area contributed by atoms with Crippen LogP contribution in [-0.4, -0.2) is 21.5 Å². The lowest BCUT2D eigenvalue weighted by molar-refractivity contribution is -0.385. The quantitative estimate of drug-likeness (QED) is 0.462. The highest BCUT2D eigenvalue weighted by Gasteiger charge is 2.20. The van der Waals surface area contributed by atoms with Crippen molar-refractivity contribution in [1.29, 1.82) is 0 Å². The number of nitrogens with one attached hydrogen (secondary N) is 2. The third-order valence-electron chi connectivity index (χ3n) is 2.89. The normalized spacial score (nSPS) is 10.2. The molecule has 8 nitrogen and oxygen atoms in total. The number of hydrogen-bond acceptors (Lipinski definition) is 6. The predicted octanol–water partition coefficient (Wildman–Crippen LogP) is 2.60. The van der Waals surface area contributed by atoms with Crippen molar-refractivity contribution >= 4 is 17.2 Å². The summed E-state index contributed by atoms with van der Waals surface area (Å²) in [5.41, 5.74) is -0.850. The number of hydrogen-bond donors (Lipinski definition) is 2. The second-order valence-corrected chi connectivity index (χ2v) is 4.54. The number of anilines is 2. The molecule has 0 unspecified atom stereocenters. The molecule has 1 aromatic heterocycles. The molecule has 0 amide bonds. The zero-order valence-electron chi connectivity index (χ0n) is 12.0. The molecule has 8 heteroatoms. The van der Waals surface area contributed by atoms with Gasteiger partial charge in [0.25, 0.3) is 0 Å². The standard InChI is InChI=1S/C14H16N4O4/c1-2-3-8-22-11-6-4-10(5-7-11)17-13-12(18(20)21)14(19)16-9-15-13/h4-7,9H,2-3,8H2,1H3,(H2,15,16,17,19). The van der Waals surface area contributed by atoms with Crippen LogP contribution in [0.4, 0.5) is 17.2 Å². The van der Waals surface area contributed by atoms with E-state index in [2.05, 4.69) is 22.2 Å². The van der Waals surface area contributed by atoms with Crippen molar-refractivity contribution in [2.24, 2.45) is 0 Å². The van der Waals surface area contributed by atoms with E-state index in [9.17, 15) is 14.9 Å². The van der Waals surface area contributed by atoms with Crippen LogP contribution in [0.2, 0.25) is 0 Å². The fraction of sp³-hybridized carbons (Fsp3) is 0.286. The minimum Gasteiger partial charge on any atom is -0.494 e. The second kappa shape index (κ2) is 7.21. The summed E-state index contributed by atoms with van der Waals surface area (Å²) < 4.78 is 5.53. The highest BCUT2D eigenvalue weighted by Crippen LogP contribution is 2.23. The van der Waals surface area contributed by atoms with Gasteiger partial charge in [0, 0.05) is 5.69 Å². The number of rotatable bonds is 7. The summed E-state index contributed by atoms with van der Waals surface area (Å²) in [5.74, 6) is 0.612. The van der Waals surface area contributed by atoms with Crippen LogP contribution in [0, 0.1) is 10.1 Å². The van der Waals surface area contributed by atoms with Gasteiger partial charge in [-0.2, -0.15) is 0 Å². The molecule has 0 saturated carbocycles. The Kier molecular flexibility index (Phi) is 5.07. The first kappa shape index (κ1) is 15.5. The van der Waals surface area contributed by atoms with Gasteiger partial charge in [-0.3, -0.25) is 14.9 Å². The Morgan fingerprint density at radius 3 is 2.73 bits per heavy atom. The topological polar surface area (TPSA) is 110 Å². The van der Waals surface area contributed by atoms with E-state index < -0.39 is 16.2 Å². The lowest BCUT2D eigenvalue weighted by atomic mass is 10.3. The fourth-order valence-electron chi connectivity index (χ4n) is 1.76. The molecular formula is C14H16N4O4. The highest BCUT2D eigenvalue weighted by atomic mass is 16.6. The van der Waals surface area contributed by atoms with Gasteiger partial charge in [0.2, 0.25) is 5.82 Å². The molecular weight excluding hydrogens is 288 g/mol. The molecule has 2 rings (SSSR count). The fourth-order valence-corrected chi connectivity index (χ4v) is 1.76. The second-order valence-electron chi connectivity index (χ2n) is 4.54. The molecule has 0 saturated heterocycles. The van der Waals surface area contributed by atoms with Crippen LogP contribution in [-0.2, 0) is 0 Å². The van der Waals surface area contributed by atoms with Crippen molar-refractivity contribution < 1.29 is 9.66 Å². The molecule has 0 radical (unpaired) electrons. The van der Waals surface area contributed by atoms with Gasteiger partial charge in [-0.05, 0) is 30.7 Å². The first-order valence-electron chi connectivity index (χ1n) is 6.83. The molecule has 0 fully saturated rings. The molecule has 1 aromatic carbocycles. The first-order chi connectivity index (χ1) is 10.6. The van der Waals surface area contributed by atoms with Gasteiger partial charge in [-0.25, -0.2) is 4.98 Å². The Morgan fingerprint density at radius 1 is 1.36 bits per heavy atom. The summed E-state index contributed by atoms with van der Waals surface area (Å²) in [7, 11) is 0. The Bertz CT molecular complexity index is 697. The van der Waals surface area contributed by atoms with Crippen LogP contribution in [0.5, 0.6) is 5.75 Å². The number of ether oxygens (including phenoxy) is 1. The summed E-state index contributed by atoms with van der Waals surface area (Å²) in [6.45, 7) is 2.72. The minimum atomic E-state index is -0.804. The monoisotopic (exact) mass is 304 g/mol. The van der Waals surface area contributed by atoms with Gasteiger partial charge in [-0.15, -0.1) is 0 Å². The zero-order chi connectivity index (χ0) is 15.9. The number of H-pyrrole nitrogens is 1. The summed E-state index contributed by atoms with van der Waals surface area (Å²) >= 11 is 0. The lowest BCUT2D eigenvalue weighted by Crippen LogP contribution is -2.14. The number of aromatic amines is 1. The molecule has 2 N–H and O–H groups in total. The van der Waals surface area contributed by atoms with E-state index in [0.717, 1.165) is 19.2 Å². The van der Waals surface area contributed by atoms with E-state index in [-0.39, 0.29) is 5.82 Å². The van der Waals surface area contributed by atoms with Crippen LogP contribution in [0.3, 0.4) is 0 Å². The Hall–Kier alpha value is -2.90. The summed E-state index contributed by atoms with van der Waals surface area (Å²) in [4.78, 5) is 27.6. The molecule has 116 valence electrons. The van der Waals surface area contributed by atoms with Crippen LogP contribution in [0.25, 0.3) is 0 Å². The van der Waals surface area contributed by atoms with E-state index in [4.69, 9.17) is 4.74 Å². The minimum absolute atomic E-state index is 0.103. The maximum Gasteiger partial charge on any atom is 0.376 e. The molecule has 0 aliphatic rings. The van der Waals surface area contributed by atoms with Crippen LogP contribution >= 0.6 is 0 Å². The van der Waals surface area contributed by atoms with E-state index in [0.29, 0.717) is 18.0 Å². The molecule has 0 spiro atoms. The van der Waals surface area contributed by atoms with Gasteiger partial charge < -0.3 is 15.0 Å². The van der Waals surface area contributed by atoms with Gasteiger partial charge in [0.05, 0.1) is 17.9 Å². The number of nitro groups is 1. The van der Waals surface area contributed by atoms with Gasteiger partial charge in [-0.1, -0.05) is 13.3 Å². The Labute approximate surface area is 126 Å². The van der Waals surface area contributed by atoms with E-state index in [1.54, 1.807) is 24.3 Å². The average Bonchev–Trinajstić information content (AvgIpc) is 2.49. The van der Waals surface area contributed by atoms with Crippen molar-refractivity contribution in [2.45, 2.75) is 19.8 Å². The molecule has 0 aliphatic carbocycles. The smallest absolute Gasteiger partial charge is 0.376 e. The van der Waals surface area contributed by atoms with Crippen molar-refractivity contribution in [1.82, 2.24) is 9.97 Å². The first-order valence-corrected chi connectivity index (χ1v) is 6.83. The zero-order valence-corrected chi connectivity index (χ0v) is 12.0. The van der Waals surface area contributed by atoms with E-state index in [1.807, 2.05) is 0 Å². The van der Waals surface area contributed by atoms with Gasteiger partial charge in [0.1, 0.15) is 5.75 Å². The molecule has 22 heavy (non-hydrogen) atoms. The number of aromatic nitrogens is 2. The molecule has 0 atom stereocenters. The predicted molar refractivity (Wildman–Crippen MR) is 81.6 cm³/mol. The summed E-state index contributed by atoms with van der Waals surface area (Å²) in [6.07, 6.45) is 3.14. The number of unbranched alkanes of at least 4 members (excludes halogenated alkanes) is 1. The SMILES string of the molecule is CCCCOc1ccc(Nc2nc[nH]c(=O)c2[N+](=O)[O-])cc1. The largest absolute Gasteiger partial charge is 0.494 e. The highest BCUT2D eigenvalue weighted by molar-refractivity contribution is 5.64. The van der Waals surface area contributed by atoms with Gasteiger partial charge >= 0.3 is 11.2 Å². The third kappa shape index (κ3) is 3.81. The Morgan fingerprint density at radius 2 is 2.09 bits per heavy atom. The molecule has 1 heterocycles. The van der Waals surface area contributed by atoms with Crippen LogP contribution in [0.15, 0.2) is 35.4 Å². The van der Waals surface area contributed by atoms with E-state index in [1.165, 1.54) is 0 Å². The molecule has 2 aromatic rings. The maximum atomic E-state index is 11.5. The maximum absolute atomic E-state index is 11.5. The Balaban J connectivity index is 2.13. The molecule has 0 aliphatic heterocycles. The van der Waals surface area contributed by atoms with Crippen molar-refractivity contribution in [2.75, 3.05) is 11.9 Å². The van der Waals surface area contributed by atoms with Crippen LogP contribution < -0.4 is 15.6 Å². The molecule has 0 bridgehead atoms. The van der Waals surface area contributed by atoms with Crippen molar-refractivity contribution in [3.8, 4) is 5.75 Å². The van der Waals surface area contributed by atoms with Crippen LogP contribution in [0.1, 0.15) is 19.8 Å². The van der Waals surface area contributed by atoms with E-state index >= 15 is 0 Å². The lowest BCUT2D eigenvalue weighted by Gasteiger charge is -2.08. The summed E-state index contributed by atoms with van der Waals surface area (Å²) in [5, 5.41) is 13.7. The summed E-state index contributed by atoms with van der Waals surface area (Å²) in [6, 6.07) is 6.90. The average molecular weight is 304 g/mol. The van der Waals surface area contributed by atoms with Crippen molar-refractivity contribution in [3.05, 3.63) is 51.1 Å². The number of nitrogens with zero attached hydrogens (tertiary/aromatic N) is 2. The van der Waals surface area contributed by atoms with Gasteiger partial charge in [0.15, 0.2) is 0 Å². The van der Waals surface area contributed by atoms with Crippen molar-refractivity contribution in [3.63, 3.8) is 0 Å².